The van der Waals surface area contributed by atoms with E-state index in [0.29, 0.717) is 11.7 Å². The molecule has 1 aromatic heterocycles. The fourth-order valence-corrected chi connectivity index (χ4v) is 2.85. The van der Waals surface area contributed by atoms with Crippen LogP contribution in [0, 0.1) is 0 Å². The van der Waals surface area contributed by atoms with Gasteiger partial charge in [0, 0.05) is 30.5 Å². The molecule has 0 unspecified atom stereocenters. The highest BCUT2D eigenvalue weighted by atomic mass is 16.2. The Hall–Kier alpha value is -2.36. The third-order valence-electron chi connectivity index (χ3n) is 4.78. The lowest BCUT2D eigenvalue weighted by molar-refractivity contribution is 0.0926. The van der Waals surface area contributed by atoms with Gasteiger partial charge in [-0.05, 0) is 50.8 Å². The first-order valence-corrected chi connectivity index (χ1v) is 8.54. The molecule has 1 fully saturated rings. The fraction of sp³-hybridized carbons (Fsp3) is 0.400. The van der Waals surface area contributed by atoms with E-state index in [1.54, 1.807) is 6.20 Å². The van der Waals surface area contributed by atoms with Gasteiger partial charge in [-0.25, -0.2) is 0 Å². The molecule has 0 aliphatic heterocycles. The average molecular weight is 323 g/mol. The fourth-order valence-electron chi connectivity index (χ4n) is 2.85. The first-order chi connectivity index (χ1) is 11.5. The topological polar surface area (TPSA) is 45.2 Å². The van der Waals surface area contributed by atoms with Crippen LogP contribution >= 0.6 is 0 Å². The number of aromatic nitrogens is 1. The number of benzene rings is 1. The van der Waals surface area contributed by atoms with E-state index in [1.165, 1.54) is 5.56 Å². The van der Waals surface area contributed by atoms with Crippen LogP contribution in [0.2, 0.25) is 0 Å². The summed E-state index contributed by atoms with van der Waals surface area (Å²) in [5, 5.41) is 3.21. The maximum absolute atomic E-state index is 12.6. The van der Waals surface area contributed by atoms with E-state index in [0.717, 1.165) is 24.9 Å². The van der Waals surface area contributed by atoms with Gasteiger partial charge in [0.15, 0.2) is 0 Å². The molecule has 4 nitrogen and oxygen atoms in total. The van der Waals surface area contributed by atoms with Crippen LogP contribution in [0.1, 0.15) is 42.7 Å². The molecule has 1 N–H and O–H groups in total. The van der Waals surface area contributed by atoms with Crippen LogP contribution in [0.15, 0.2) is 48.7 Å². The van der Waals surface area contributed by atoms with Crippen molar-refractivity contribution in [2.75, 3.05) is 11.9 Å². The molecule has 0 radical (unpaired) electrons. The van der Waals surface area contributed by atoms with Crippen LogP contribution in [-0.4, -0.2) is 29.5 Å². The van der Waals surface area contributed by atoms with Gasteiger partial charge in [0.1, 0.15) is 5.69 Å². The molecular weight excluding hydrogens is 298 g/mol. The Kier molecular flexibility index (Phi) is 4.56. The normalized spacial score (nSPS) is 15.2. The van der Waals surface area contributed by atoms with Gasteiger partial charge in [-0.1, -0.05) is 30.3 Å². The zero-order chi connectivity index (χ0) is 17.2. The van der Waals surface area contributed by atoms with E-state index in [2.05, 4.69) is 41.2 Å². The minimum atomic E-state index is -0.0972. The van der Waals surface area contributed by atoms with Gasteiger partial charge in [-0.2, -0.15) is 0 Å². The number of pyridine rings is 1. The zero-order valence-corrected chi connectivity index (χ0v) is 14.6. The highest BCUT2D eigenvalue weighted by molar-refractivity contribution is 5.94. The van der Waals surface area contributed by atoms with Crippen molar-refractivity contribution in [1.82, 2.24) is 10.3 Å². The summed E-state index contributed by atoms with van der Waals surface area (Å²) in [5.41, 5.74) is 2.66. The number of amides is 1. The maximum atomic E-state index is 12.6. The van der Waals surface area contributed by atoms with Crippen LogP contribution in [0.25, 0.3) is 0 Å². The third kappa shape index (κ3) is 3.75. The van der Waals surface area contributed by atoms with Crippen molar-refractivity contribution in [3.05, 3.63) is 59.9 Å². The van der Waals surface area contributed by atoms with Crippen molar-refractivity contribution < 1.29 is 4.79 Å². The molecule has 0 atom stereocenters. The summed E-state index contributed by atoms with van der Waals surface area (Å²) in [6.07, 6.45) is 4.64. The van der Waals surface area contributed by atoms with Crippen LogP contribution in [0.5, 0.6) is 0 Å². The first-order valence-electron chi connectivity index (χ1n) is 8.54. The molecule has 0 spiro atoms. The van der Waals surface area contributed by atoms with E-state index in [1.807, 2.05) is 37.4 Å². The summed E-state index contributed by atoms with van der Waals surface area (Å²) >= 11 is 0. The number of hydrogen-bond acceptors (Lipinski definition) is 3. The summed E-state index contributed by atoms with van der Waals surface area (Å²) in [5.74, 6) is -0.0811. The van der Waals surface area contributed by atoms with Crippen molar-refractivity contribution in [3.63, 3.8) is 0 Å². The average Bonchev–Trinajstić information content (AvgIpc) is 3.34. The van der Waals surface area contributed by atoms with Crippen LogP contribution in [0.3, 0.4) is 0 Å². The molecule has 1 amide bonds. The molecule has 4 heteroatoms. The molecule has 126 valence electrons. The molecule has 1 aliphatic carbocycles. The highest BCUT2D eigenvalue weighted by Crippen LogP contribution is 2.38. The van der Waals surface area contributed by atoms with E-state index in [4.69, 9.17) is 0 Å². The van der Waals surface area contributed by atoms with Crippen LogP contribution in [0.4, 0.5) is 5.69 Å². The molecule has 1 heterocycles. The van der Waals surface area contributed by atoms with E-state index in [-0.39, 0.29) is 11.4 Å². The van der Waals surface area contributed by atoms with E-state index in [9.17, 15) is 4.79 Å². The Morgan fingerprint density at radius 1 is 1.25 bits per heavy atom. The first kappa shape index (κ1) is 16.5. The van der Waals surface area contributed by atoms with Gasteiger partial charge in [0.25, 0.3) is 5.91 Å². The standard InChI is InChI=1S/C20H25N3O/c1-15(2)23(3)17-9-12-21-18(13-17)19(24)22-20(10-11-20)14-16-7-5-4-6-8-16/h4-9,12-13,15H,10-11,14H2,1-3H3,(H,22,24). The van der Waals surface area contributed by atoms with Crippen molar-refractivity contribution in [1.29, 1.82) is 0 Å². The van der Waals surface area contributed by atoms with Gasteiger partial charge in [0.2, 0.25) is 0 Å². The lowest BCUT2D eigenvalue weighted by Crippen LogP contribution is -2.39. The largest absolute Gasteiger partial charge is 0.372 e. The second-order valence-electron chi connectivity index (χ2n) is 7.00. The number of carbonyl (C=O) groups is 1. The molecule has 1 aliphatic rings. The number of rotatable bonds is 6. The quantitative estimate of drug-likeness (QED) is 0.886. The maximum Gasteiger partial charge on any atom is 0.270 e. The van der Waals surface area contributed by atoms with Crippen LogP contribution < -0.4 is 10.2 Å². The lowest BCUT2D eigenvalue weighted by atomic mass is 10.0. The summed E-state index contributed by atoms with van der Waals surface area (Å²) in [6.45, 7) is 4.25. The third-order valence-corrected chi connectivity index (χ3v) is 4.78. The molecule has 2 aromatic rings. The van der Waals surface area contributed by atoms with E-state index >= 15 is 0 Å². The smallest absolute Gasteiger partial charge is 0.270 e. The van der Waals surface area contributed by atoms with Gasteiger partial charge in [0.05, 0.1) is 0 Å². The van der Waals surface area contributed by atoms with Crippen molar-refractivity contribution >= 4 is 11.6 Å². The second-order valence-corrected chi connectivity index (χ2v) is 7.00. The van der Waals surface area contributed by atoms with Crippen molar-refractivity contribution in [3.8, 4) is 0 Å². The van der Waals surface area contributed by atoms with Gasteiger partial charge in [-0.15, -0.1) is 0 Å². The Morgan fingerprint density at radius 2 is 1.96 bits per heavy atom. The van der Waals surface area contributed by atoms with Crippen molar-refractivity contribution in [2.45, 2.75) is 44.7 Å². The van der Waals surface area contributed by atoms with Gasteiger partial charge < -0.3 is 10.2 Å². The molecule has 0 bridgehead atoms. The molecule has 0 saturated heterocycles. The molecule has 1 saturated carbocycles. The zero-order valence-electron chi connectivity index (χ0n) is 14.6. The Morgan fingerprint density at radius 3 is 2.58 bits per heavy atom. The molecule has 24 heavy (non-hydrogen) atoms. The predicted octanol–water partition coefficient (Wildman–Crippen LogP) is 3.43. The highest BCUT2D eigenvalue weighted by Gasteiger charge is 2.44. The van der Waals surface area contributed by atoms with Gasteiger partial charge >= 0.3 is 0 Å². The second kappa shape index (κ2) is 6.63. The minimum Gasteiger partial charge on any atom is -0.372 e. The number of nitrogens with zero attached hydrogens (tertiary/aromatic N) is 2. The predicted molar refractivity (Wildman–Crippen MR) is 97.4 cm³/mol. The Bertz CT molecular complexity index is 708. The number of anilines is 1. The Balaban J connectivity index is 1.70. The number of nitrogens with one attached hydrogen (secondary N) is 1. The summed E-state index contributed by atoms with van der Waals surface area (Å²) in [4.78, 5) is 19.0. The monoisotopic (exact) mass is 323 g/mol. The summed E-state index contributed by atoms with van der Waals surface area (Å²) < 4.78 is 0. The summed E-state index contributed by atoms with van der Waals surface area (Å²) in [7, 11) is 2.03. The minimum absolute atomic E-state index is 0.0811. The van der Waals surface area contributed by atoms with Crippen molar-refractivity contribution in [2.24, 2.45) is 0 Å². The van der Waals surface area contributed by atoms with Crippen LogP contribution in [-0.2, 0) is 6.42 Å². The SMILES string of the molecule is CC(C)N(C)c1ccnc(C(=O)NC2(Cc3ccccc3)CC2)c1. The van der Waals surface area contributed by atoms with E-state index < -0.39 is 0 Å². The number of hydrogen-bond donors (Lipinski definition) is 1. The number of carbonyl (C=O) groups excluding carboxylic acids is 1. The summed E-state index contributed by atoms with van der Waals surface area (Å²) in [6, 6.07) is 14.5. The molecule has 1 aromatic carbocycles. The molecule has 3 rings (SSSR count). The molecular formula is C20H25N3O. The Labute approximate surface area is 143 Å². The van der Waals surface area contributed by atoms with Gasteiger partial charge in [-0.3, -0.25) is 9.78 Å². The lowest BCUT2D eigenvalue weighted by Gasteiger charge is -2.24.